The standard InChI is InChI=1S/C27H29N5/c1-26(2,3)19-27(4,5)31-25-24(30-23-18-28-15-16-32(23)25)21-10-8-9-20(17-21)12-13-22-11-6-7-14-29-22/h6-11,14-18,31H,19H2,1-5H3. The van der Waals surface area contributed by atoms with Crippen molar-refractivity contribution >= 4 is 11.5 Å². The Morgan fingerprint density at radius 2 is 1.81 bits per heavy atom. The minimum absolute atomic E-state index is 0.122. The molecule has 0 aliphatic rings. The Labute approximate surface area is 190 Å². The number of hydrogen-bond donors (Lipinski definition) is 1. The Bertz CT molecular complexity index is 1280. The Balaban J connectivity index is 1.75. The van der Waals surface area contributed by atoms with E-state index >= 15 is 0 Å². The highest BCUT2D eigenvalue weighted by Crippen LogP contribution is 2.34. The quantitative estimate of drug-likeness (QED) is 0.420. The number of pyridine rings is 1. The van der Waals surface area contributed by atoms with Gasteiger partial charge in [-0.1, -0.05) is 44.9 Å². The van der Waals surface area contributed by atoms with E-state index in [1.165, 1.54) is 0 Å². The monoisotopic (exact) mass is 423 g/mol. The summed E-state index contributed by atoms with van der Waals surface area (Å²) in [6.45, 7) is 11.3. The lowest BCUT2D eigenvalue weighted by Crippen LogP contribution is -2.36. The van der Waals surface area contributed by atoms with Crippen LogP contribution in [0, 0.1) is 17.3 Å². The highest BCUT2D eigenvalue weighted by Gasteiger charge is 2.28. The van der Waals surface area contributed by atoms with E-state index < -0.39 is 0 Å². The molecule has 1 N–H and O–H groups in total. The summed E-state index contributed by atoms with van der Waals surface area (Å²) in [4.78, 5) is 13.4. The molecule has 0 amide bonds. The van der Waals surface area contributed by atoms with Gasteiger partial charge in [0.05, 0.1) is 6.20 Å². The zero-order valence-corrected chi connectivity index (χ0v) is 19.3. The number of imidazole rings is 1. The van der Waals surface area contributed by atoms with Crippen molar-refractivity contribution in [2.45, 2.75) is 46.6 Å². The van der Waals surface area contributed by atoms with Crippen LogP contribution >= 0.6 is 0 Å². The number of anilines is 1. The number of aromatic nitrogens is 4. The second-order valence-electron chi connectivity index (χ2n) is 9.91. The molecule has 4 aromatic rings. The molecule has 4 rings (SSSR count). The van der Waals surface area contributed by atoms with Crippen molar-refractivity contribution in [1.29, 1.82) is 0 Å². The Hall–Kier alpha value is -3.65. The molecule has 0 atom stereocenters. The first-order chi connectivity index (χ1) is 15.2. The van der Waals surface area contributed by atoms with Crippen LogP contribution in [-0.2, 0) is 0 Å². The molecule has 5 heteroatoms. The van der Waals surface area contributed by atoms with Gasteiger partial charge in [0.1, 0.15) is 17.2 Å². The van der Waals surface area contributed by atoms with Gasteiger partial charge in [0.2, 0.25) is 0 Å². The van der Waals surface area contributed by atoms with Crippen LogP contribution in [0.1, 0.15) is 52.3 Å². The maximum Gasteiger partial charge on any atom is 0.157 e. The average Bonchev–Trinajstić information content (AvgIpc) is 3.09. The maximum atomic E-state index is 4.90. The second-order valence-corrected chi connectivity index (χ2v) is 9.91. The Morgan fingerprint density at radius 1 is 0.969 bits per heavy atom. The van der Waals surface area contributed by atoms with Crippen LogP contribution in [0.3, 0.4) is 0 Å². The van der Waals surface area contributed by atoms with Gasteiger partial charge in [-0.15, -0.1) is 0 Å². The van der Waals surface area contributed by atoms with Crippen molar-refractivity contribution in [3.63, 3.8) is 0 Å². The van der Waals surface area contributed by atoms with Gasteiger partial charge >= 0.3 is 0 Å². The van der Waals surface area contributed by atoms with Crippen LogP contribution in [0.25, 0.3) is 16.9 Å². The first kappa shape index (κ1) is 21.6. The van der Waals surface area contributed by atoms with Gasteiger partial charge < -0.3 is 5.32 Å². The molecule has 0 bridgehead atoms. The summed E-state index contributed by atoms with van der Waals surface area (Å²) in [5.74, 6) is 7.32. The molecule has 0 saturated carbocycles. The first-order valence-corrected chi connectivity index (χ1v) is 10.8. The van der Waals surface area contributed by atoms with Crippen LogP contribution in [0.5, 0.6) is 0 Å². The minimum atomic E-state index is -0.122. The van der Waals surface area contributed by atoms with Crippen LogP contribution in [0.15, 0.2) is 67.3 Å². The van der Waals surface area contributed by atoms with Crippen molar-refractivity contribution in [2.24, 2.45) is 5.41 Å². The van der Waals surface area contributed by atoms with Gasteiger partial charge in [0.25, 0.3) is 0 Å². The molecule has 0 aliphatic heterocycles. The first-order valence-electron chi connectivity index (χ1n) is 10.8. The van der Waals surface area contributed by atoms with Gasteiger partial charge in [-0.25, -0.2) is 9.97 Å². The molecule has 3 aromatic heterocycles. The molecule has 0 unspecified atom stereocenters. The molecule has 0 saturated heterocycles. The van der Waals surface area contributed by atoms with E-state index in [1.54, 1.807) is 18.6 Å². The third-order valence-corrected chi connectivity index (χ3v) is 5.00. The summed E-state index contributed by atoms with van der Waals surface area (Å²) < 4.78 is 2.07. The average molecular weight is 424 g/mol. The molecule has 1 aromatic carbocycles. The van der Waals surface area contributed by atoms with Gasteiger partial charge in [-0.2, -0.15) is 0 Å². The fraction of sp³-hybridized carbons (Fsp3) is 0.296. The van der Waals surface area contributed by atoms with Gasteiger partial charge in [-0.05, 0) is 55.9 Å². The highest BCUT2D eigenvalue weighted by atomic mass is 15.2. The molecule has 32 heavy (non-hydrogen) atoms. The predicted octanol–water partition coefficient (Wildman–Crippen LogP) is 5.82. The van der Waals surface area contributed by atoms with Crippen molar-refractivity contribution in [3.8, 4) is 23.1 Å². The SMILES string of the molecule is CC(C)(C)CC(C)(C)Nc1c(-c2cccc(C#Cc3ccccn3)c2)nc2cnccn12. The molecule has 5 nitrogen and oxygen atoms in total. The third-order valence-electron chi connectivity index (χ3n) is 5.00. The number of hydrogen-bond acceptors (Lipinski definition) is 4. The Kier molecular flexibility index (Phi) is 5.71. The van der Waals surface area contributed by atoms with E-state index in [2.05, 4.69) is 78.3 Å². The van der Waals surface area contributed by atoms with Crippen LogP contribution < -0.4 is 5.32 Å². The van der Waals surface area contributed by atoms with Crippen LogP contribution in [0.4, 0.5) is 5.82 Å². The molecule has 0 radical (unpaired) electrons. The molecule has 0 aliphatic carbocycles. The number of rotatable bonds is 4. The second kappa shape index (κ2) is 8.47. The van der Waals surface area contributed by atoms with E-state index in [-0.39, 0.29) is 11.0 Å². The lowest BCUT2D eigenvalue weighted by Gasteiger charge is -2.34. The van der Waals surface area contributed by atoms with Crippen molar-refractivity contribution < 1.29 is 0 Å². The van der Waals surface area contributed by atoms with Crippen LogP contribution in [0.2, 0.25) is 0 Å². The molecule has 3 heterocycles. The highest BCUT2D eigenvalue weighted by molar-refractivity contribution is 5.77. The topological polar surface area (TPSA) is 55.1 Å². The zero-order valence-electron chi connectivity index (χ0n) is 19.3. The van der Waals surface area contributed by atoms with E-state index in [4.69, 9.17) is 4.98 Å². The lowest BCUT2D eigenvalue weighted by molar-refractivity contribution is 0.302. The predicted molar refractivity (Wildman–Crippen MR) is 130 cm³/mol. The van der Waals surface area contributed by atoms with Crippen molar-refractivity contribution in [2.75, 3.05) is 5.32 Å². The summed E-state index contributed by atoms with van der Waals surface area (Å²) in [6.07, 6.45) is 8.28. The summed E-state index contributed by atoms with van der Waals surface area (Å²) in [7, 11) is 0. The smallest absolute Gasteiger partial charge is 0.157 e. The fourth-order valence-corrected chi connectivity index (χ4v) is 4.24. The molecule has 0 fully saturated rings. The molecular formula is C27H29N5. The minimum Gasteiger partial charge on any atom is -0.364 e. The van der Waals surface area contributed by atoms with E-state index in [1.807, 2.05) is 36.5 Å². The summed E-state index contributed by atoms with van der Waals surface area (Å²) in [5.41, 5.74) is 4.45. The van der Waals surface area contributed by atoms with E-state index in [0.717, 1.165) is 40.4 Å². The number of nitrogens with one attached hydrogen (secondary N) is 1. The number of fused-ring (bicyclic) bond motifs is 1. The Morgan fingerprint density at radius 3 is 2.56 bits per heavy atom. The van der Waals surface area contributed by atoms with Crippen LogP contribution in [-0.4, -0.2) is 24.9 Å². The number of benzene rings is 1. The third kappa shape index (κ3) is 5.15. The summed E-state index contributed by atoms with van der Waals surface area (Å²) >= 11 is 0. The normalized spacial score (nSPS) is 11.8. The van der Waals surface area contributed by atoms with Crippen molar-refractivity contribution in [3.05, 3.63) is 78.5 Å². The number of nitrogens with zero attached hydrogens (tertiary/aromatic N) is 4. The zero-order chi connectivity index (χ0) is 22.8. The fourth-order valence-electron chi connectivity index (χ4n) is 4.24. The van der Waals surface area contributed by atoms with Gasteiger partial charge in [0.15, 0.2) is 5.65 Å². The van der Waals surface area contributed by atoms with Gasteiger partial charge in [0, 0.05) is 35.3 Å². The van der Waals surface area contributed by atoms with Gasteiger partial charge in [-0.3, -0.25) is 9.38 Å². The largest absolute Gasteiger partial charge is 0.364 e. The summed E-state index contributed by atoms with van der Waals surface area (Å²) in [6, 6.07) is 13.9. The van der Waals surface area contributed by atoms with E-state index in [0.29, 0.717) is 0 Å². The molecule has 0 spiro atoms. The molecule has 162 valence electrons. The maximum absolute atomic E-state index is 4.90. The lowest BCUT2D eigenvalue weighted by atomic mass is 9.82. The summed E-state index contributed by atoms with van der Waals surface area (Å²) in [5, 5.41) is 3.77. The molecular weight excluding hydrogens is 394 g/mol. The van der Waals surface area contributed by atoms with Crippen molar-refractivity contribution in [1.82, 2.24) is 19.4 Å². The van der Waals surface area contributed by atoms with E-state index in [9.17, 15) is 0 Å².